The third-order valence-electron chi connectivity index (χ3n) is 4.06. The van der Waals surface area contributed by atoms with Crippen LogP contribution in [0.2, 0.25) is 0 Å². The van der Waals surface area contributed by atoms with Gasteiger partial charge >= 0.3 is 6.09 Å². The van der Waals surface area contributed by atoms with Crippen molar-refractivity contribution in [2.45, 2.75) is 45.4 Å². The van der Waals surface area contributed by atoms with E-state index in [2.05, 4.69) is 10.3 Å². The number of pyridine rings is 1. The largest absolute Gasteiger partial charge is 0.444 e. The maximum atomic E-state index is 13.2. The van der Waals surface area contributed by atoms with E-state index in [4.69, 9.17) is 4.74 Å². The highest BCUT2D eigenvalue weighted by molar-refractivity contribution is 6.00. The number of hydrogen-bond donors (Lipinski definition) is 1. The van der Waals surface area contributed by atoms with E-state index < -0.39 is 17.7 Å². The maximum Gasteiger partial charge on any atom is 0.408 e. The molecule has 1 aliphatic rings. The molecule has 1 aromatic carbocycles. The number of aromatic nitrogens is 1. The van der Waals surface area contributed by atoms with Crippen LogP contribution in [0.3, 0.4) is 0 Å². The Bertz CT molecular complexity index is 846. The Balaban J connectivity index is 1.84. The Morgan fingerprint density at radius 1 is 1.30 bits per heavy atom. The van der Waals surface area contributed by atoms with Crippen molar-refractivity contribution < 1.29 is 18.7 Å². The summed E-state index contributed by atoms with van der Waals surface area (Å²) in [5, 5.41) is 2.65. The average Bonchev–Trinajstić information content (AvgIpc) is 2.58. The van der Waals surface area contributed by atoms with Crippen LogP contribution in [0.5, 0.6) is 0 Å². The number of nitrogens with zero attached hydrogens (tertiary/aromatic N) is 2. The lowest BCUT2D eigenvalue weighted by molar-refractivity contribution is -0.121. The number of rotatable bonds is 3. The second kappa shape index (κ2) is 7.34. The van der Waals surface area contributed by atoms with Gasteiger partial charge in [-0.05, 0) is 50.1 Å². The summed E-state index contributed by atoms with van der Waals surface area (Å²) in [5.41, 5.74) is 0.953. The van der Waals surface area contributed by atoms with Crippen molar-refractivity contribution in [3.63, 3.8) is 0 Å². The van der Waals surface area contributed by atoms with Crippen molar-refractivity contribution in [1.82, 2.24) is 10.3 Å². The highest BCUT2D eigenvalue weighted by Gasteiger charge is 2.35. The van der Waals surface area contributed by atoms with Gasteiger partial charge in [-0.15, -0.1) is 0 Å². The number of hydrogen-bond acceptors (Lipinski definition) is 4. The van der Waals surface area contributed by atoms with Gasteiger partial charge < -0.3 is 10.1 Å². The number of amides is 2. The standard InChI is InChI=1S/C20H22FN3O3/c1-20(2,3)27-19(26)23-16-11-14-5-4-10-22-17(14)24(18(16)25)12-13-6-8-15(21)9-7-13/h4-10,16H,11-12H2,1-3H3,(H,23,26). The van der Waals surface area contributed by atoms with E-state index in [-0.39, 0.29) is 18.3 Å². The number of alkyl carbamates (subject to hydrolysis) is 1. The van der Waals surface area contributed by atoms with E-state index in [9.17, 15) is 14.0 Å². The predicted octanol–water partition coefficient (Wildman–Crippen LogP) is 3.20. The minimum atomic E-state index is -0.753. The van der Waals surface area contributed by atoms with Crippen molar-refractivity contribution in [3.8, 4) is 0 Å². The molecule has 0 fully saturated rings. The van der Waals surface area contributed by atoms with Gasteiger partial charge in [0.1, 0.15) is 23.3 Å². The molecule has 6 nitrogen and oxygen atoms in total. The molecule has 0 radical (unpaired) electrons. The molecule has 2 aromatic rings. The average molecular weight is 371 g/mol. The van der Waals surface area contributed by atoms with Crippen LogP contribution in [0.4, 0.5) is 15.0 Å². The molecule has 3 rings (SSSR count). The van der Waals surface area contributed by atoms with Crippen molar-refractivity contribution in [2.24, 2.45) is 0 Å². The van der Waals surface area contributed by atoms with Gasteiger partial charge in [-0.2, -0.15) is 0 Å². The normalized spacial score (nSPS) is 16.7. The first-order valence-corrected chi connectivity index (χ1v) is 8.72. The van der Waals surface area contributed by atoms with E-state index in [1.54, 1.807) is 45.2 Å². The summed E-state index contributed by atoms with van der Waals surface area (Å²) in [6.45, 7) is 5.51. The molecule has 1 aromatic heterocycles. The van der Waals surface area contributed by atoms with Gasteiger partial charge in [-0.3, -0.25) is 9.69 Å². The zero-order valence-corrected chi connectivity index (χ0v) is 15.5. The van der Waals surface area contributed by atoms with Gasteiger partial charge in [-0.1, -0.05) is 18.2 Å². The zero-order chi connectivity index (χ0) is 19.6. The van der Waals surface area contributed by atoms with Crippen molar-refractivity contribution in [2.75, 3.05) is 4.90 Å². The molecule has 7 heteroatoms. The molecule has 0 aliphatic carbocycles. The first-order chi connectivity index (χ1) is 12.7. The molecule has 1 N–H and O–H groups in total. The fourth-order valence-corrected chi connectivity index (χ4v) is 2.92. The third-order valence-corrected chi connectivity index (χ3v) is 4.06. The number of anilines is 1. The van der Waals surface area contributed by atoms with Gasteiger partial charge in [0.05, 0.1) is 6.54 Å². The minimum Gasteiger partial charge on any atom is -0.444 e. The van der Waals surface area contributed by atoms with Gasteiger partial charge in [-0.25, -0.2) is 14.2 Å². The number of carbonyl (C=O) groups excluding carboxylic acids is 2. The molecule has 2 amide bonds. The summed E-state index contributed by atoms with van der Waals surface area (Å²) in [5.74, 6) is -0.0721. The van der Waals surface area contributed by atoms with Gasteiger partial charge in [0.15, 0.2) is 0 Å². The lowest BCUT2D eigenvalue weighted by atomic mass is 9.99. The zero-order valence-electron chi connectivity index (χ0n) is 15.5. The molecule has 1 unspecified atom stereocenters. The summed E-state index contributed by atoms with van der Waals surface area (Å²) in [4.78, 5) is 31.0. The van der Waals surface area contributed by atoms with E-state index in [1.165, 1.54) is 17.0 Å². The predicted molar refractivity (Wildman–Crippen MR) is 98.7 cm³/mol. The molecule has 0 spiro atoms. The molecule has 27 heavy (non-hydrogen) atoms. The summed E-state index contributed by atoms with van der Waals surface area (Å²) in [7, 11) is 0. The molecule has 0 saturated carbocycles. The Labute approximate surface area is 157 Å². The second-order valence-electron chi connectivity index (χ2n) is 7.44. The van der Waals surface area contributed by atoms with Crippen LogP contribution in [0, 0.1) is 5.82 Å². The summed E-state index contributed by atoms with van der Waals surface area (Å²) in [6.07, 6.45) is 1.31. The van der Waals surface area contributed by atoms with Crippen LogP contribution in [0.1, 0.15) is 31.9 Å². The fourth-order valence-electron chi connectivity index (χ4n) is 2.92. The second-order valence-corrected chi connectivity index (χ2v) is 7.44. The third kappa shape index (κ3) is 4.61. The summed E-state index contributed by atoms with van der Waals surface area (Å²) < 4.78 is 18.4. The van der Waals surface area contributed by atoms with E-state index >= 15 is 0 Å². The smallest absolute Gasteiger partial charge is 0.408 e. The van der Waals surface area contributed by atoms with Crippen molar-refractivity contribution >= 4 is 17.8 Å². The van der Waals surface area contributed by atoms with Crippen LogP contribution in [-0.2, 0) is 22.5 Å². The first-order valence-electron chi connectivity index (χ1n) is 8.72. The molecular weight excluding hydrogens is 349 g/mol. The molecule has 0 saturated heterocycles. The SMILES string of the molecule is CC(C)(C)OC(=O)NC1Cc2cccnc2N(Cc2ccc(F)cc2)C1=O. The lowest BCUT2D eigenvalue weighted by Gasteiger charge is -2.33. The van der Waals surface area contributed by atoms with E-state index in [1.807, 2.05) is 6.07 Å². The Morgan fingerprint density at radius 3 is 2.67 bits per heavy atom. The van der Waals surface area contributed by atoms with Crippen molar-refractivity contribution in [3.05, 3.63) is 59.5 Å². The van der Waals surface area contributed by atoms with Crippen LogP contribution in [-0.4, -0.2) is 28.6 Å². The summed E-state index contributed by atoms with van der Waals surface area (Å²) in [6, 6.07) is 8.84. The Morgan fingerprint density at radius 2 is 2.00 bits per heavy atom. The molecule has 142 valence electrons. The van der Waals surface area contributed by atoms with Crippen LogP contribution >= 0.6 is 0 Å². The van der Waals surface area contributed by atoms with Gasteiger partial charge in [0.25, 0.3) is 5.91 Å². The molecule has 1 atom stereocenters. The van der Waals surface area contributed by atoms with Gasteiger partial charge in [0, 0.05) is 12.6 Å². The molecule has 1 aliphatic heterocycles. The number of ether oxygens (including phenoxy) is 1. The lowest BCUT2D eigenvalue weighted by Crippen LogP contribution is -2.53. The Hall–Kier alpha value is -2.96. The summed E-state index contributed by atoms with van der Waals surface area (Å²) >= 11 is 0. The van der Waals surface area contributed by atoms with Crippen LogP contribution < -0.4 is 10.2 Å². The van der Waals surface area contributed by atoms with Crippen molar-refractivity contribution in [1.29, 1.82) is 0 Å². The highest BCUT2D eigenvalue weighted by Crippen LogP contribution is 2.27. The minimum absolute atomic E-state index is 0.232. The quantitative estimate of drug-likeness (QED) is 0.899. The van der Waals surface area contributed by atoms with E-state index in [0.29, 0.717) is 12.2 Å². The first kappa shape index (κ1) is 18.8. The Kier molecular flexibility index (Phi) is 5.12. The number of nitrogens with one attached hydrogen (secondary N) is 1. The van der Waals surface area contributed by atoms with Crippen LogP contribution in [0.25, 0.3) is 0 Å². The van der Waals surface area contributed by atoms with Gasteiger partial charge in [0.2, 0.25) is 0 Å². The highest BCUT2D eigenvalue weighted by atomic mass is 19.1. The molecule has 0 bridgehead atoms. The van der Waals surface area contributed by atoms with E-state index in [0.717, 1.165) is 11.1 Å². The number of fused-ring (bicyclic) bond motifs is 1. The number of halogens is 1. The number of benzene rings is 1. The van der Waals surface area contributed by atoms with Crippen LogP contribution in [0.15, 0.2) is 42.6 Å². The monoisotopic (exact) mass is 371 g/mol. The fraction of sp³-hybridized carbons (Fsp3) is 0.350. The molecular formula is C20H22FN3O3. The topological polar surface area (TPSA) is 71.5 Å². The molecule has 2 heterocycles. The maximum absolute atomic E-state index is 13.2. The number of carbonyl (C=O) groups is 2.